The van der Waals surface area contributed by atoms with Gasteiger partial charge in [0.15, 0.2) is 0 Å². The van der Waals surface area contributed by atoms with Crippen LogP contribution in [0.1, 0.15) is 5.56 Å². The maximum absolute atomic E-state index is 10.2. The summed E-state index contributed by atoms with van der Waals surface area (Å²) in [5.41, 5.74) is 13.9. The fraction of sp³-hybridized carbons (Fsp3) is 0. The Morgan fingerprint density at radius 1 is 1.38 bits per heavy atom. The molecule has 0 aromatic heterocycles. The molecule has 1 aromatic rings. The van der Waals surface area contributed by atoms with Crippen LogP contribution < -0.4 is 16.9 Å². The van der Waals surface area contributed by atoms with E-state index in [2.05, 4.69) is 10.5 Å². The van der Waals surface area contributed by atoms with E-state index in [1.165, 1.54) is 6.21 Å². The quantitative estimate of drug-likeness (QED) is 0.344. The fourth-order valence-corrected chi connectivity index (χ4v) is 0.753. The second-order valence-corrected chi connectivity index (χ2v) is 2.40. The molecule has 0 radical (unpaired) electrons. The predicted octanol–water partition coefficient (Wildman–Crippen LogP) is 0.271. The molecule has 0 fully saturated rings. The smallest absolute Gasteiger partial charge is 0.332 e. The van der Waals surface area contributed by atoms with Gasteiger partial charge in [0, 0.05) is 5.69 Å². The van der Waals surface area contributed by atoms with E-state index in [1.54, 1.807) is 24.3 Å². The molecule has 0 saturated carbocycles. The monoisotopic (exact) mass is 178 g/mol. The van der Waals surface area contributed by atoms with Crippen molar-refractivity contribution in [3.05, 3.63) is 29.8 Å². The van der Waals surface area contributed by atoms with Crippen LogP contribution in [-0.4, -0.2) is 12.2 Å². The molecule has 5 heteroatoms. The summed E-state index contributed by atoms with van der Waals surface area (Å²) in [6.07, 6.45) is 1.48. The first-order chi connectivity index (χ1) is 6.18. The van der Waals surface area contributed by atoms with Gasteiger partial charge < -0.3 is 11.5 Å². The summed E-state index contributed by atoms with van der Waals surface area (Å²) in [7, 11) is 0. The topological polar surface area (TPSA) is 93.5 Å². The number of hydrogen-bond donors (Lipinski definition) is 3. The van der Waals surface area contributed by atoms with E-state index >= 15 is 0 Å². The minimum absolute atomic E-state index is 0.681. The average Bonchev–Trinajstić information content (AvgIpc) is 2.08. The van der Waals surface area contributed by atoms with Crippen LogP contribution in [0.4, 0.5) is 10.5 Å². The van der Waals surface area contributed by atoms with Crippen LogP contribution in [0.15, 0.2) is 29.4 Å². The molecular weight excluding hydrogens is 168 g/mol. The second kappa shape index (κ2) is 4.10. The van der Waals surface area contributed by atoms with Gasteiger partial charge in [0.2, 0.25) is 0 Å². The van der Waals surface area contributed by atoms with Gasteiger partial charge in [-0.15, -0.1) is 0 Å². The molecule has 0 heterocycles. The first-order valence-corrected chi connectivity index (χ1v) is 3.62. The van der Waals surface area contributed by atoms with Gasteiger partial charge in [-0.2, -0.15) is 5.10 Å². The lowest BCUT2D eigenvalue weighted by molar-refractivity contribution is 0.249. The standard InChI is InChI=1S/C8H10N4O/c9-7-3-1-6(2-4-7)5-11-12-8(10)13/h1-5H,9H2,(H3,10,12,13)/b11-5+. The van der Waals surface area contributed by atoms with E-state index in [0.29, 0.717) is 5.69 Å². The molecule has 5 N–H and O–H groups in total. The summed E-state index contributed by atoms with van der Waals surface area (Å²) >= 11 is 0. The molecule has 1 aromatic carbocycles. The molecule has 0 bridgehead atoms. The van der Waals surface area contributed by atoms with Crippen molar-refractivity contribution in [2.75, 3.05) is 5.73 Å². The molecule has 0 aliphatic carbocycles. The van der Waals surface area contributed by atoms with Crippen molar-refractivity contribution in [2.45, 2.75) is 0 Å². The highest BCUT2D eigenvalue weighted by Gasteiger charge is 1.88. The number of primary amides is 1. The zero-order chi connectivity index (χ0) is 9.68. The number of nitrogens with zero attached hydrogens (tertiary/aromatic N) is 1. The highest BCUT2D eigenvalue weighted by atomic mass is 16.2. The molecule has 0 aliphatic rings. The van der Waals surface area contributed by atoms with Gasteiger partial charge in [-0.3, -0.25) is 0 Å². The lowest BCUT2D eigenvalue weighted by Gasteiger charge is -1.94. The van der Waals surface area contributed by atoms with E-state index in [1.807, 2.05) is 0 Å². The van der Waals surface area contributed by atoms with Gasteiger partial charge in [-0.05, 0) is 17.7 Å². The number of nitrogen functional groups attached to an aromatic ring is 1. The number of carbonyl (C=O) groups excluding carboxylic acids is 1. The van der Waals surface area contributed by atoms with Crippen LogP contribution in [0, 0.1) is 0 Å². The summed E-state index contributed by atoms with van der Waals surface area (Å²) < 4.78 is 0. The number of carbonyl (C=O) groups is 1. The Morgan fingerprint density at radius 3 is 2.54 bits per heavy atom. The molecule has 0 aliphatic heterocycles. The number of rotatable bonds is 2. The molecule has 2 amide bonds. The van der Waals surface area contributed by atoms with E-state index < -0.39 is 6.03 Å². The Hall–Kier alpha value is -2.04. The number of anilines is 1. The first-order valence-electron chi connectivity index (χ1n) is 3.62. The summed E-state index contributed by atoms with van der Waals surface area (Å²) in [5, 5.41) is 3.58. The van der Waals surface area contributed by atoms with Gasteiger partial charge in [-0.1, -0.05) is 12.1 Å². The molecule has 0 spiro atoms. The molecule has 1 rings (SSSR count). The van der Waals surface area contributed by atoms with Gasteiger partial charge in [0.1, 0.15) is 0 Å². The first kappa shape index (κ1) is 9.05. The largest absolute Gasteiger partial charge is 0.399 e. The van der Waals surface area contributed by atoms with Crippen LogP contribution in [0.5, 0.6) is 0 Å². The van der Waals surface area contributed by atoms with Crippen molar-refractivity contribution >= 4 is 17.9 Å². The number of nitrogens with one attached hydrogen (secondary N) is 1. The summed E-state index contributed by atoms with van der Waals surface area (Å²) in [6, 6.07) is 6.35. The van der Waals surface area contributed by atoms with E-state index in [0.717, 1.165) is 5.56 Å². The van der Waals surface area contributed by atoms with Crippen molar-refractivity contribution in [1.29, 1.82) is 0 Å². The minimum atomic E-state index is -0.688. The third-order valence-corrected chi connectivity index (χ3v) is 1.32. The highest BCUT2D eigenvalue weighted by Crippen LogP contribution is 2.02. The lowest BCUT2D eigenvalue weighted by atomic mass is 10.2. The molecule has 68 valence electrons. The van der Waals surface area contributed by atoms with Crippen LogP contribution in [-0.2, 0) is 0 Å². The highest BCUT2D eigenvalue weighted by molar-refractivity contribution is 5.81. The fourth-order valence-electron chi connectivity index (χ4n) is 0.753. The van der Waals surface area contributed by atoms with Crippen LogP contribution >= 0.6 is 0 Å². The molecule has 0 unspecified atom stereocenters. The van der Waals surface area contributed by atoms with Gasteiger partial charge >= 0.3 is 6.03 Å². The normalized spacial score (nSPS) is 10.2. The van der Waals surface area contributed by atoms with Crippen molar-refractivity contribution in [1.82, 2.24) is 5.43 Å². The SMILES string of the molecule is NC(=O)N/N=C/c1ccc(N)cc1. The van der Waals surface area contributed by atoms with Crippen molar-refractivity contribution < 1.29 is 4.79 Å². The number of nitrogens with two attached hydrogens (primary N) is 2. The summed E-state index contributed by atoms with van der Waals surface area (Å²) in [6.45, 7) is 0. The van der Waals surface area contributed by atoms with Gasteiger partial charge in [0.25, 0.3) is 0 Å². The Balaban J connectivity index is 2.59. The maximum Gasteiger partial charge on any atom is 0.332 e. The Bertz CT molecular complexity index is 317. The van der Waals surface area contributed by atoms with Crippen LogP contribution in [0.25, 0.3) is 0 Å². The molecule has 0 saturated heterocycles. The van der Waals surface area contributed by atoms with Crippen LogP contribution in [0.2, 0.25) is 0 Å². The Kier molecular flexibility index (Phi) is 2.86. The number of amides is 2. The Labute approximate surface area is 75.4 Å². The zero-order valence-electron chi connectivity index (χ0n) is 6.90. The molecule has 5 nitrogen and oxygen atoms in total. The van der Waals surface area contributed by atoms with Gasteiger partial charge in [-0.25, -0.2) is 10.2 Å². The molecule has 0 atom stereocenters. The predicted molar refractivity (Wildman–Crippen MR) is 51.2 cm³/mol. The van der Waals surface area contributed by atoms with Crippen molar-refractivity contribution in [3.8, 4) is 0 Å². The van der Waals surface area contributed by atoms with Crippen molar-refractivity contribution in [3.63, 3.8) is 0 Å². The lowest BCUT2D eigenvalue weighted by Crippen LogP contribution is -2.24. The summed E-state index contributed by atoms with van der Waals surface area (Å²) in [4.78, 5) is 10.2. The average molecular weight is 178 g/mol. The molecular formula is C8H10N4O. The van der Waals surface area contributed by atoms with E-state index in [4.69, 9.17) is 11.5 Å². The number of hydrazone groups is 1. The number of benzene rings is 1. The Morgan fingerprint density at radius 2 is 2.00 bits per heavy atom. The minimum Gasteiger partial charge on any atom is -0.399 e. The summed E-state index contributed by atoms with van der Waals surface area (Å²) in [5.74, 6) is 0. The zero-order valence-corrected chi connectivity index (χ0v) is 6.90. The van der Waals surface area contributed by atoms with Crippen molar-refractivity contribution in [2.24, 2.45) is 10.8 Å². The third-order valence-electron chi connectivity index (χ3n) is 1.32. The van der Waals surface area contributed by atoms with E-state index in [-0.39, 0.29) is 0 Å². The number of hydrogen-bond acceptors (Lipinski definition) is 3. The third kappa shape index (κ3) is 3.24. The number of urea groups is 1. The van der Waals surface area contributed by atoms with Gasteiger partial charge in [0.05, 0.1) is 6.21 Å². The molecule has 13 heavy (non-hydrogen) atoms. The van der Waals surface area contributed by atoms with E-state index in [9.17, 15) is 4.79 Å². The second-order valence-electron chi connectivity index (χ2n) is 2.40. The van der Waals surface area contributed by atoms with Crippen LogP contribution in [0.3, 0.4) is 0 Å². The maximum atomic E-state index is 10.2.